The molecule has 2 nitrogen and oxygen atoms in total. The van der Waals surface area contributed by atoms with Crippen molar-refractivity contribution >= 4 is 11.8 Å². The summed E-state index contributed by atoms with van der Waals surface area (Å²) >= 11 is 1.94. The summed E-state index contributed by atoms with van der Waals surface area (Å²) in [5.41, 5.74) is 0.623. The summed E-state index contributed by atoms with van der Waals surface area (Å²) in [5.74, 6) is 1.24. The number of rotatable bonds is 4. The second-order valence-corrected chi connectivity index (χ2v) is 6.49. The summed E-state index contributed by atoms with van der Waals surface area (Å²) < 4.78 is 0. The van der Waals surface area contributed by atoms with Gasteiger partial charge in [-0.25, -0.2) is 0 Å². The van der Waals surface area contributed by atoms with E-state index in [9.17, 15) is 0 Å². The normalized spacial score (nSPS) is 31.8. The molecule has 1 aliphatic rings. The number of nitrogens with one attached hydrogen (secondary N) is 1. The van der Waals surface area contributed by atoms with Gasteiger partial charge in [-0.05, 0) is 33.4 Å². The smallest absolute Gasteiger partial charge is 0.0304 e. The average Bonchev–Trinajstić information content (AvgIpc) is 2.20. The van der Waals surface area contributed by atoms with Gasteiger partial charge < -0.3 is 5.32 Å². The van der Waals surface area contributed by atoms with Gasteiger partial charge in [0.25, 0.3) is 0 Å². The molecule has 1 rings (SSSR count). The topological polar surface area (TPSA) is 15.3 Å². The van der Waals surface area contributed by atoms with E-state index >= 15 is 0 Å². The van der Waals surface area contributed by atoms with Gasteiger partial charge in [-0.3, -0.25) is 4.90 Å². The highest BCUT2D eigenvalue weighted by Gasteiger charge is 2.38. The lowest BCUT2D eigenvalue weighted by Gasteiger charge is -2.51. The zero-order chi connectivity index (χ0) is 11.5. The van der Waals surface area contributed by atoms with Crippen molar-refractivity contribution in [1.82, 2.24) is 10.2 Å². The zero-order valence-corrected chi connectivity index (χ0v) is 11.7. The zero-order valence-electron chi connectivity index (χ0n) is 10.9. The number of piperazine rings is 1. The van der Waals surface area contributed by atoms with Crippen LogP contribution in [0, 0.1) is 0 Å². The minimum Gasteiger partial charge on any atom is -0.309 e. The first kappa shape index (κ1) is 13.3. The molecule has 3 heteroatoms. The van der Waals surface area contributed by atoms with Gasteiger partial charge in [-0.15, -0.1) is 0 Å². The molecular formula is C12H26N2S. The van der Waals surface area contributed by atoms with Crippen LogP contribution in [-0.2, 0) is 0 Å². The van der Waals surface area contributed by atoms with Crippen molar-refractivity contribution < 1.29 is 0 Å². The highest BCUT2D eigenvalue weighted by Crippen LogP contribution is 2.26. The van der Waals surface area contributed by atoms with Gasteiger partial charge in [-0.2, -0.15) is 11.8 Å². The predicted molar refractivity (Wildman–Crippen MR) is 70.7 cm³/mol. The van der Waals surface area contributed by atoms with Crippen LogP contribution in [0.4, 0.5) is 0 Å². The molecule has 0 spiro atoms. The van der Waals surface area contributed by atoms with Crippen LogP contribution < -0.4 is 5.32 Å². The van der Waals surface area contributed by atoms with Crippen LogP contribution in [0.3, 0.4) is 0 Å². The van der Waals surface area contributed by atoms with Gasteiger partial charge in [0.05, 0.1) is 0 Å². The molecule has 1 N–H and O–H groups in total. The maximum absolute atomic E-state index is 3.66. The van der Waals surface area contributed by atoms with Crippen LogP contribution in [0.1, 0.15) is 34.1 Å². The fraction of sp³-hybridized carbons (Fsp3) is 1.00. The van der Waals surface area contributed by atoms with E-state index in [1.54, 1.807) is 0 Å². The predicted octanol–water partition coefficient (Wildman–Crippen LogP) is 2.20. The van der Waals surface area contributed by atoms with E-state index in [0.717, 1.165) is 13.1 Å². The fourth-order valence-electron chi connectivity index (χ4n) is 2.16. The number of hydrogen-bond acceptors (Lipinski definition) is 3. The van der Waals surface area contributed by atoms with Crippen molar-refractivity contribution in [2.75, 3.05) is 31.6 Å². The number of nitrogens with zero attached hydrogens (tertiary/aromatic N) is 1. The molecule has 1 aliphatic heterocycles. The maximum atomic E-state index is 3.66. The lowest BCUT2D eigenvalue weighted by Crippen LogP contribution is -2.67. The van der Waals surface area contributed by atoms with E-state index in [2.05, 4.69) is 44.2 Å². The molecule has 90 valence electrons. The number of hydrogen-bond donors (Lipinski definition) is 1. The standard InChI is InChI=1S/C12H26N2S/c1-6-12(4)9-13-11(2,3)10-14(12)7-8-15-5/h13H,6-10H2,1-5H3. The molecule has 0 aliphatic carbocycles. The second-order valence-electron chi connectivity index (χ2n) is 5.50. The summed E-state index contributed by atoms with van der Waals surface area (Å²) in [6.07, 6.45) is 3.42. The Labute approximate surface area is 99.2 Å². The maximum Gasteiger partial charge on any atom is 0.0304 e. The molecule has 0 saturated carbocycles. The summed E-state index contributed by atoms with van der Waals surface area (Å²) in [6.45, 7) is 12.8. The van der Waals surface area contributed by atoms with E-state index in [0.29, 0.717) is 5.54 Å². The highest BCUT2D eigenvalue weighted by molar-refractivity contribution is 7.98. The number of thioether (sulfide) groups is 1. The molecule has 0 aromatic carbocycles. The monoisotopic (exact) mass is 230 g/mol. The summed E-state index contributed by atoms with van der Waals surface area (Å²) in [5, 5.41) is 3.66. The molecule has 0 bridgehead atoms. The van der Waals surface area contributed by atoms with Crippen molar-refractivity contribution in [3.63, 3.8) is 0 Å². The Balaban J connectivity index is 2.65. The Morgan fingerprint density at radius 1 is 1.33 bits per heavy atom. The molecule has 0 radical (unpaired) electrons. The minimum atomic E-state index is 0.271. The lowest BCUT2D eigenvalue weighted by molar-refractivity contribution is 0.0300. The third-order valence-electron chi connectivity index (χ3n) is 3.62. The third-order valence-corrected chi connectivity index (χ3v) is 4.22. The van der Waals surface area contributed by atoms with Gasteiger partial charge >= 0.3 is 0 Å². The molecule has 1 heterocycles. The molecule has 15 heavy (non-hydrogen) atoms. The first-order chi connectivity index (χ1) is 6.93. The van der Waals surface area contributed by atoms with E-state index in [-0.39, 0.29) is 5.54 Å². The van der Waals surface area contributed by atoms with E-state index in [4.69, 9.17) is 0 Å². The van der Waals surface area contributed by atoms with Gasteiger partial charge in [0.15, 0.2) is 0 Å². The molecule has 1 unspecified atom stereocenters. The fourth-order valence-corrected chi connectivity index (χ4v) is 2.57. The third kappa shape index (κ3) is 3.36. The summed E-state index contributed by atoms with van der Waals surface area (Å²) in [7, 11) is 0. The van der Waals surface area contributed by atoms with E-state index < -0.39 is 0 Å². The van der Waals surface area contributed by atoms with Gasteiger partial charge in [0.1, 0.15) is 0 Å². The van der Waals surface area contributed by atoms with Crippen LogP contribution >= 0.6 is 11.8 Å². The highest BCUT2D eigenvalue weighted by atomic mass is 32.2. The van der Waals surface area contributed by atoms with Crippen LogP contribution in [0.15, 0.2) is 0 Å². The molecule has 0 aromatic heterocycles. The van der Waals surface area contributed by atoms with Crippen molar-refractivity contribution in [1.29, 1.82) is 0 Å². The molecule has 0 aromatic rings. The SMILES string of the molecule is CCC1(C)CNC(C)(C)CN1CCSC. The summed E-state index contributed by atoms with van der Waals surface area (Å²) in [6, 6.07) is 0. The molecule has 0 amide bonds. The average molecular weight is 230 g/mol. The first-order valence-corrected chi connectivity index (χ1v) is 7.32. The largest absolute Gasteiger partial charge is 0.309 e. The van der Waals surface area contributed by atoms with Crippen LogP contribution in [0.2, 0.25) is 0 Å². The van der Waals surface area contributed by atoms with E-state index in [1.807, 2.05) is 11.8 Å². The van der Waals surface area contributed by atoms with Gasteiger partial charge in [-0.1, -0.05) is 6.92 Å². The second kappa shape index (κ2) is 5.07. The first-order valence-electron chi connectivity index (χ1n) is 5.92. The van der Waals surface area contributed by atoms with Crippen LogP contribution in [0.5, 0.6) is 0 Å². The molecular weight excluding hydrogens is 204 g/mol. The van der Waals surface area contributed by atoms with E-state index in [1.165, 1.54) is 18.7 Å². The summed E-state index contributed by atoms with van der Waals surface area (Å²) in [4.78, 5) is 2.67. The van der Waals surface area contributed by atoms with Crippen molar-refractivity contribution in [3.05, 3.63) is 0 Å². The van der Waals surface area contributed by atoms with Crippen molar-refractivity contribution in [2.24, 2.45) is 0 Å². The van der Waals surface area contributed by atoms with Crippen LogP contribution in [0.25, 0.3) is 0 Å². The minimum absolute atomic E-state index is 0.271. The van der Waals surface area contributed by atoms with Crippen molar-refractivity contribution in [2.45, 2.75) is 45.2 Å². The lowest BCUT2D eigenvalue weighted by atomic mass is 9.88. The Morgan fingerprint density at radius 3 is 2.53 bits per heavy atom. The van der Waals surface area contributed by atoms with Gasteiger partial charge in [0.2, 0.25) is 0 Å². The Kier molecular flexibility index (Phi) is 4.50. The van der Waals surface area contributed by atoms with Gasteiger partial charge in [0, 0.05) is 36.5 Å². The quantitative estimate of drug-likeness (QED) is 0.797. The van der Waals surface area contributed by atoms with Crippen molar-refractivity contribution in [3.8, 4) is 0 Å². The Morgan fingerprint density at radius 2 is 2.00 bits per heavy atom. The Bertz CT molecular complexity index is 206. The molecule has 1 atom stereocenters. The Hall–Kier alpha value is 0.270. The molecule has 1 fully saturated rings. The van der Waals surface area contributed by atoms with Crippen LogP contribution in [-0.4, -0.2) is 47.6 Å². The molecule has 1 saturated heterocycles.